The minimum Gasteiger partial charge on any atom is -0.497 e. The van der Waals surface area contributed by atoms with E-state index in [4.69, 9.17) is 4.74 Å². The van der Waals surface area contributed by atoms with Crippen LogP contribution in [0.3, 0.4) is 0 Å². The number of rotatable bonds is 7. The molecule has 0 radical (unpaired) electrons. The van der Waals surface area contributed by atoms with Gasteiger partial charge in [-0.15, -0.1) is 11.3 Å². The Balaban J connectivity index is 1.75. The first-order valence-electron chi connectivity index (χ1n) is 8.93. The van der Waals surface area contributed by atoms with Crippen LogP contribution in [0.25, 0.3) is 0 Å². The zero-order valence-electron chi connectivity index (χ0n) is 15.6. The lowest BCUT2D eigenvalue weighted by atomic mass is 10.1. The second kappa shape index (κ2) is 9.24. The summed E-state index contributed by atoms with van der Waals surface area (Å²) in [6, 6.07) is 21.6. The van der Waals surface area contributed by atoms with Crippen molar-refractivity contribution in [2.75, 3.05) is 12.4 Å². The van der Waals surface area contributed by atoms with Crippen molar-refractivity contribution in [1.82, 2.24) is 4.90 Å². The molecule has 0 aliphatic rings. The first-order valence-corrected chi connectivity index (χ1v) is 9.81. The van der Waals surface area contributed by atoms with Gasteiger partial charge in [0.2, 0.25) is 0 Å². The van der Waals surface area contributed by atoms with Crippen LogP contribution in [0.4, 0.5) is 10.5 Å². The molecule has 3 aromatic rings. The van der Waals surface area contributed by atoms with E-state index >= 15 is 0 Å². The number of hydrogen-bond acceptors (Lipinski definition) is 3. The van der Waals surface area contributed by atoms with Crippen molar-refractivity contribution in [2.24, 2.45) is 0 Å². The van der Waals surface area contributed by atoms with Crippen LogP contribution in [0.5, 0.6) is 5.75 Å². The Bertz CT molecular complexity index is 833. The second-order valence-electron chi connectivity index (χ2n) is 6.40. The van der Waals surface area contributed by atoms with Gasteiger partial charge in [-0.25, -0.2) is 4.79 Å². The van der Waals surface area contributed by atoms with Crippen LogP contribution < -0.4 is 10.1 Å². The standard InChI is InChI=1S/C22H24N2O2S/c1-17(15-21-9-6-14-27-21)24(16-18-7-4-3-5-8-18)22(25)23-19-10-12-20(26-2)13-11-19/h3-14,17H,15-16H2,1-2H3,(H,23,25)/t17-/m0/s1. The van der Waals surface area contributed by atoms with Gasteiger partial charge in [-0.1, -0.05) is 36.4 Å². The molecule has 0 saturated heterocycles. The highest BCUT2D eigenvalue weighted by Crippen LogP contribution is 2.19. The molecule has 1 heterocycles. The molecule has 0 saturated carbocycles. The van der Waals surface area contributed by atoms with Crippen LogP contribution in [0.1, 0.15) is 17.4 Å². The van der Waals surface area contributed by atoms with E-state index in [0.717, 1.165) is 23.4 Å². The SMILES string of the molecule is COc1ccc(NC(=O)N(Cc2ccccc2)[C@@H](C)Cc2cccs2)cc1. The van der Waals surface area contributed by atoms with Crippen molar-refractivity contribution < 1.29 is 9.53 Å². The molecule has 27 heavy (non-hydrogen) atoms. The Labute approximate surface area is 164 Å². The molecule has 1 N–H and O–H groups in total. The summed E-state index contributed by atoms with van der Waals surface area (Å²) in [7, 11) is 1.63. The zero-order chi connectivity index (χ0) is 19.1. The fraction of sp³-hybridized carbons (Fsp3) is 0.227. The summed E-state index contributed by atoms with van der Waals surface area (Å²) in [5, 5.41) is 5.08. The Morgan fingerprint density at radius 2 is 1.81 bits per heavy atom. The van der Waals surface area contributed by atoms with Gasteiger partial charge in [0, 0.05) is 29.6 Å². The van der Waals surface area contributed by atoms with E-state index in [0.29, 0.717) is 6.54 Å². The summed E-state index contributed by atoms with van der Waals surface area (Å²) in [6.07, 6.45) is 0.834. The molecule has 140 valence electrons. The normalized spacial score (nSPS) is 11.6. The minimum atomic E-state index is -0.104. The molecule has 0 aliphatic heterocycles. The van der Waals surface area contributed by atoms with Gasteiger partial charge in [-0.05, 0) is 48.2 Å². The van der Waals surface area contributed by atoms with Crippen molar-refractivity contribution in [3.63, 3.8) is 0 Å². The van der Waals surface area contributed by atoms with Gasteiger partial charge in [0.05, 0.1) is 7.11 Å². The number of nitrogens with one attached hydrogen (secondary N) is 1. The third-order valence-corrected chi connectivity index (χ3v) is 5.31. The first-order chi connectivity index (χ1) is 13.2. The average Bonchev–Trinajstić information content (AvgIpc) is 3.20. The molecule has 0 fully saturated rings. The van der Waals surface area contributed by atoms with Gasteiger partial charge in [0.25, 0.3) is 0 Å². The van der Waals surface area contributed by atoms with E-state index in [9.17, 15) is 4.79 Å². The third-order valence-electron chi connectivity index (χ3n) is 4.41. The number of methoxy groups -OCH3 is 1. The second-order valence-corrected chi connectivity index (χ2v) is 7.44. The molecule has 2 aromatic carbocycles. The fourth-order valence-electron chi connectivity index (χ4n) is 2.91. The molecule has 0 unspecified atom stereocenters. The van der Waals surface area contributed by atoms with Crippen molar-refractivity contribution in [3.05, 3.63) is 82.6 Å². The monoisotopic (exact) mass is 380 g/mol. The largest absolute Gasteiger partial charge is 0.497 e. The summed E-state index contributed by atoms with van der Waals surface area (Å²) in [5.41, 5.74) is 1.86. The summed E-state index contributed by atoms with van der Waals surface area (Å²) in [5.74, 6) is 0.764. The third kappa shape index (κ3) is 5.34. The van der Waals surface area contributed by atoms with E-state index in [1.807, 2.05) is 65.6 Å². The first kappa shape index (κ1) is 19.0. The highest BCUT2D eigenvalue weighted by molar-refractivity contribution is 7.09. The Kier molecular flexibility index (Phi) is 6.49. The van der Waals surface area contributed by atoms with E-state index in [-0.39, 0.29) is 12.1 Å². The van der Waals surface area contributed by atoms with Gasteiger partial charge in [-0.3, -0.25) is 0 Å². The number of hydrogen-bond donors (Lipinski definition) is 1. The smallest absolute Gasteiger partial charge is 0.322 e. The van der Waals surface area contributed by atoms with Crippen LogP contribution in [-0.4, -0.2) is 24.1 Å². The van der Waals surface area contributed by atoms with Crippen LogP contribution in [0.15, 0.2) is 72.1 Å². The lowest BCUT2D eigenvalue weighted by molar-refractivity contribution is 0.188. The molecule has 2 amide bonds. The van der Waals surface area contributed by atoms with E-state index in [1.54, 1.807) is 18.4 Å². The van der Waals surface area contributed by atoms with Gasteiger partial charge in [-0.2, -0.15) is 0 Å². The van der Waals surface area contributed by atoms with Gasteiger partial charge < -0.3 is 15.0 Å². The Morgan fingerprint density at radius 1 is 1.07 bits per heavy atom. The van der Waals surface area contributed by atoms with E-state index in [2.05, 4.69) is 23.7 Å². The molecule has 0 spiro atoms. The zero-order valence-corrected chi connectivity index (χ0v) is 16.4. The molecular formula is C22H24N2O2S. The predicted octanol–water partition coefficient (Wildman–Crippen LogP) is 5.42. The number of ether oxygens (including phenoxy) is 1. The molecule has 5 heteroatoms. The number of benzene rings is 2. The number of carbonyl (C=O) groups excluding carboxylic acids is 1. The van der Waals surface area contributed by atoms with E-state index in [1.165, 1.54) is 4.88 Å². The predicted molar refractivity (Wildman–Crippen MR) is 111 cm³/mol. The fourth-order valence-corrected chi connectivity index (χ4v) is 3.73. The van der Waals surface area contributed by atoms with Gasteiger partial charge in [0.1, 0.15) is 5.75 Å². The summed E-state index contributed by atoms with van der Waals surface area (Å²) < 4.78 is 5.18. The van der Waals surface area contributed by atoms with Crippen LogP contribution >= 0.6 is 11.3 Å². The molecule has 4 nitrogen and oxygen atoms in total. The number of nitrogens with zero attached hydrogens (tertiary/aromatic N) is 1. The van der Waals surface area contributed by atoms with Crippen LogP contribution in [0, 0.1) is 0 Å². The van der Waals surface area contributed by atoms with Crippen molar-refractivity contribution in [1.29, 1.82) is 0 Å². The number of urea groups is 1. The molecule has 1 aromatic heterocycles. The number of anilines is 1. The maximum Gasteiger partial charge on any atom is 0.322 e. The van der Waals surface area contributed by atoms with Crippen molar-refractivity contribution in [2.45, 2.75) is 25.9 Å². The quantitative estimate of drug-likeness (QED) is 0.594. The summed E-state index contributed by atoms with van der Waals surface area (Å²) in [4.78, 5) is 16.2. The number of carbonyl (C=O) groups is 1. The maximum atomic E-state index is 13.0. The van der Waals surface area contributed by atoms with Crippen molar-refractivity contribution >= 4 is 23.1 Å². The summed E-state index contributed by atoms with van der Waals surface area (Å²) >= 11 is 1.72. The lowest BCUT2D eigenvalue weighted by Crippen LogP contribution is -2.41. The van der Waals surface area contributed by atoms with Crippen LogP contribution in [-0.2, 0) is 13.0 Å². The highest BCUT2D eigenvalue weighted by Gasteiger charge is 2.21. The van der Waals surface area contributed by atoms with Gasteiger partial charge >= 0.3 is 6.03 Å². The maximum absolute atomic E-state index is 13.0. The van der Waals surface area contributed by atoms with Gasteiger partial charge in [0.15, 0.2) is 0 Å². The molecule has 0 bridgehead atoms. The molecular weight excluding hydrogens is 356 g/mol. The lowest BCUT2D eigenvalue weighted by Gasteiger charge is -2.29. The minimum absolute atomic E-state index is 0.0714. The molecule has 3 rings (SSSR count). The molecule has 0 aliphatic carbocycles. The van der Waals surface area contributed by atoms with Crippen LogP contribution in [0.2, 0.25) is 0 Å². The highest BCUT2D eigenvalue weighted by atomic mass is 32.1. The Morgan fingerprint density at radius 3 is 2.44 bits per heavy atom. The molecule has 1 atom stereocenters. The number of amides is 2. The Hall–Kier alpha value is -2.79. The average molecular weight is 381 g/mol. The van der Waals surface area contributed by atoms with E-state index < -0.39 is 0 Å². The summed E-state index contributed by atoms with van der Waals surface area (Å²) in [6.45, 7) is 2.66. The topological polar surface area (TPSA) is 41.6 Å². The van der Waals surface area contributed by atoms with Crippen molar-refractivity contribution in [3.8, 4) is 5.75 Å². The number of thiophene rings is 1.